The number of hydrogen-bond donors (Lipinski definition) is 0. The number of anilines is 1. The van der Waals surface area contributed by atoms with Crippen LogP contribution in [0.3, 0.4) is 0 Å². The van der Waals surface area contributed by atoms with Crippen molar-refractivity contribution in [1.82, 2.24) is 0 Å². The van der Waals surface area contributed by atoms with Gasteiger partial charge in [0, 0.05) is 29.3 Å². The lowest BCUT2D eigenvalue weighted by Crippen LogP contribution is -2.26. The van der Waals surface area contributed by atoms with Crippen molar-refractivity contribution in [3.05, 3.63) is 28.8 Å². The molecule has 0 radical (unpaired) electrons. The van der Waals surface area contributed by atoms with Gasteiger partial charge in [-0.15, -0.1) is 0 Å². The summed E-state index contributed by atoms with van der Waals surface area (Å²) in [5.74, 6) is -0.347. The zero-order valence-corrected chi connectivity index (χ0v) is 11.8. The molecule has 1 aromatic carbocycles. The fraction of sp³-hybridized carbons (Fsp3) is 0.273. The molecule has 1 aliphatic heterocycles. The van der Waals surface area contributed by atoms with Crippen LogP contribution in [-0.2, 0) is 13.8 Å². The molecule has 0 bridgehead atoms. The molecule has 1 saturated heterocycles. The third-order valence-electron chi connectivity index (χ3n) is 2.87. The predicted molar refractivity (Wildman–Crippen MR) is 71.7 cm³/mol. The fourth-order valence-corrected chi connectivity index (χ4v) is 3.07. The van der Waals surface area contributed by atoms with E-state index < -0.39 is 14.3 Å². The molecule has 0 aliphatic carbocycles. The molecule has 0 aromatic heterocycles. The second-order valence-electron chi connectivity index (χ2n) is 4.08. The van der Waals surface area contributed by atoms with E-state index in [0.29, 0.717) is 5.69 Å². The van der Waals surface area contributed by atoms with Crippen LogP contribution in [0, 0.1) is 11.3 Å². The minimum absolute atomic E-state index is 0.0167. The van der Waals surface area contributed by atoms with Crippen molar-refractivity contribution < 1.29 is 13.2 Å². The first-order chi connectivity index (χ1) is 8.82. The highest BCUT2D eigenvalue weighted by molar-refractivity contribution is 8.14. The molecule has 1 aromatic rings. The SMILES string of the molecule is N#Cc1cc(N2CC(S(=O)(=O)Cl)CC2=O)ccc1Cl. The number of rotatable bonds is 2. The van der Waals surface area contributed by atoms with Gasteiger partial charge >= 0.3 is 0 Å². The molecule has 100 valence electrons. The minimum Gasteiger partial charge on any atom is -0.311 e. The van der Waals surface area contributed by atoms with Crippen molar-refractivity contribution in [2.24, 2.45) is 0 Å². The maximum Gasteiger partial charge on any atom is 0.237 e. The lowest BCUT2D eigenvalue weighted by molar-refractivity contribution is -0.117. The molecule has 19 heavy (non-hydrogen) atoms. The maximum absolute atomic E-state index is 11.8. The van der Waals surface area contributed by atoms with Gasteiger partial charge in [0.05, 0.1) is 10.6 Å². The molecule has 0 saturated carbocycles. The zero-order valence-electron chi connectivity index (χ0n) is 9.51. The lowest BCUT2D eigenvalue weighted by atomic mass is 10.2. The highest BCUT2D eigenvalue weighted by Crippen LogP contribution is 2.29. The summed E-state index contributed by atoms with van der Waals surface area (Å²) in [6, 6.07) is 6.40. The van der Waals surface area contributed by atoms with Gasteiger partial charge in [-0.3, -0.25) is 4.79 Å². The van der Waals surface area contributed by atoms with E-state index in [-0.39, 0.29) is 29.5 Å². The summed E-state index contributed by atoms with van der Waals surface area (Å²) in [7, 11) is 1.48. The Morgan fingerprint density at radius 2 is 2.11 bits per heavy atom. The van der Waals surface area contributed by atoms with Crippen LogP contribution < -0.4 is 4.90 Å². The van der Waals surface area contributed by atoms with E-state index >= 15 is 0 Å². The molecule has 0 N–H and O–H groups in total. The molecule has 0 spiro atoms. The van der Waals surface area contributed by atoms with Gasteiger partial charge in [-0.2, -0.15) is 5.26 Å². The highest BCUT2D eigenvalue weighted by Gasteiger charge is 2.38. The van der Waals surface area contributed by atoms with E-state index in [1.165, 1.54) is 17.0 Å². The standard InChI is InChI=1S/C11H8Cl2N2O3S/c12-10-2-1-8(3-7(10)5-14)15-6-9(4-11(15)16)19(13,17)18/h1-3,9H,4,6H2. The summed E-state index contributed by atoms with van der Waals surface area (Å²) in [5, 5.41) is 8.23. The summed E-state index contributed by atoms with van der Waals surface area (Å²) in [5.41, 5.74) is 0.665. The van der Waals surface area contributed by atoms with Crippen molar-refractivity contribution in [2.75, 3.05) is 11.4 Å². The fourth-order valence-electron chi connectivity index (χ4n) is 1.88. The second-order valence-corrected chi connectivity index (χ2v) is 7.40. The van der Waals surface area contributed by atoms with E-state index in [2.05, 4.69) is 0 Å². The predicted octanol–water partition coefficient (Wildman–Crippen LogP) is 1.89. The number of hydrogen-bond acceptors (Lipinski definition) is 4. The lowest BCUT2D eigenvalue weighted by Gasteiger charge is -2.16. The first-order valence-electron chi connectivity index (χ1n) is 5.26. The van der Waals surface area contributed by atoms with Crippen LogP contribution in [0.2, 0.25) is 5.02 Å². The number of benzene rings is 1. The summed E-state index contributed by atoms with van der Waals surface area (Å²) in [6.07, 6.45) is -0.156. The molecule has 1 unspecified atom stereocenters. The monoisotopic (exact) mass is 318 g/mol. The molecule has 5 nitrogen and oxygen atoms in total. The van der Waals surface area contributed by atoms with E-state index in [0.717, 1.165) is 0 Å². The van der Waals surface area contributed by atoms with Gasteiger partial charge in [0.1, 0.15) is 11.3 Å². The van der Waals surface area contributed by atoms with Gasteiger partial charge in [0.25, 0.3) is 0 Å². The minimum atomic E-state index is -3.78. The summed E-state index contributed by atoms with van der Waals surface area (Å²) in [6.45, 7) is -0.0167. The Kier molecular flexibility index (Phi) is 3.72. The molecule has 1 aliphatic rings. The number of nitriles is 1. The number of carbonyl (C=O) groups is 1. The topological polar surface area (TPSA) is 78.2 Å². The average molecular weight is 319 g/mol. The number of halogens is 2. The zero-order chi connectivity index (χ0) is 14.2. The smallest absolute Gasteiger partial charge is 0.237 e. The second kappa shape index (κ2) is 5.00. The molecular formula is C11H8Cl2N2O3S. The van der Waals surface area contributed by atoms with Gasteiger partial charge in [-0.1, -0.05) is 11.6 Å². The van der Waals surface area contributed by atoms with Crippen LogP contribution in [-0.4, -0.2) is 26.1 Å². The van der Waals surface area contributed by atoms with Gasteiger partial charge in [0.2, 0.25) is 15.0 Å². The van der Waals surface area contributed by atoms with Gasteiger partial charge < -0.3 is 4.90 Å². The van der Waals surface area contributed by atoms with Crippen LogP contribution >= 0.6 is 22.3 Å². The van der Waals surface area contributed by atoms with Crippen molar-refractivity contribution in [1.29, 1.82) is 5.26 Å². The number of nitrogens with zero attached hydrogens (tertiary/aromatic N) is 2. The molecule has 2 rings (SSSR count). The van der Waals surface area contributed by atoms with Crippen LogP contribution in [0.15, 0.2) is 18.2 Å². The van der Waals surface area contributed by atoms with Crippen molar-refractivity contribution >= 4 is 42.9 Å². The van der Waals surface area contributed by atoms with E-state index in [1.54, 1.807) is 6.07 Å². The highest BCUT2D eigenvalue weighted by atomic mass is 35.7. The Bertz CT molecular complexity index is 682. The molecule has 1 amide bonds. The maximum atomic E-state index is 11.8. The van der Waals surface area contributed by atoms with Crippen molar-refractivity contribution in [2.45, 2.75) is 11.7 Å². The average Bonchev–Trinajstić information content (AvgIpc) is 2.72. The van der Waals surface area contributed by atoms with Crippen LogP contribution in [0.4, 0.5) is 5.69 Å². The number of amides is 1. The molecule has 1 heterocycles. The normalized spacial score (nSPS) is 19.5. The van der Waals surface area contributed by atoms with Gasteiger partial charge in [-0.25, -0.2) is 8.42 Å². The third kappa shape index (κ3) is 2.84. The Labute approximate surface area is 119 Å². The third-order valence-corrected chi connectivity index (χ3v) is 5.07. The van der Waals surface area contributed by atoms with Crippen LogP contribution in [0.1, 0.15) is 12.0 Å². The van der Waals surface area contributed by atoms with Crippen LogP contribution in [0.25, 0.3) is 0 Å². The Morgan fingerprint density at radius 1 is 1.42 bits per heavy atom. The Balaban J connectivity index is 2.34. The Morgan fingerprint density at radius 3 is 2.63 bits per heavy atom. The quantitative estimate of drug-likeness (QED) is 0.780. The van der Waals surface area contributed by atoms with Crippen molar-refractivity contribution in [3.8, 4) is 6.07 Å². The molecular weight excluding hydrogens is 311 g/mol. The van der Waals surface area contributed by atoms with Crippen LogP contribution in [0.5, 0.6) is 0 Å². The molecule has 1 atom stereocenters. The van der Waals surface area contributed by atoms with Gasteiger partial charge in [0.15, 0.2) is 0 Å². The number of carbonyl (C=O) groups excluding carboxylic acids is 1. The summed E-state index contributed by atoms with van der Waals surface area (Å²) in [4.78, 5) is 13.1. The van der Waals surface area contributed by atoms with Crippen molar-refractivity contribution in [3.63, 3.8) is 0 Å². The van der Waals surface area contributed by atoms with E-state index in [1.807, 2.05) is 6.07 Å². The molecule has 8 heteroatoms. The first kappa shape index (κ1) is 14.1. The summed E-state index contributed by atoms with van der Waals surface area (Å²) >= 11 is 5.80. The van der Waals surface area contributed by atoms with E-state index in [4.69, 9.17) is 27.5 Å². The molecule has 1 fully saturated rings. The Hall–Kier alpha value is -1.29. The largest absolute Gasteiger partial charge is 0.311 e. The summed E-state index contributed by atoms with van der Waals surface area (Å²) < 4.78 is 22.5. The van der Waals surface area contributed by atoms with E-state index in [9.17, 15) is 13.2 Å². The first-order valence-corrected chi connectivity index (χ1v) is 8.01. The van der Waals surface area contributed by atoms with Gasteiger partial charge in [-0.05, 0) is 18.2 Å².